The van der Waals surface area contributed by atoms with Crippen LogP contribution in [0.2, 0.25) is 0 Å². The van der Waals surface area contributed by atoms with Gasteiger partial charge in [-0.15, -0.1) is 13.2 Å². The lowest BCUT2D eigenvalue weighted by molar-refractivity contribution is -0.138. The molecule has 6 rings (SSSR count). The highest BCUT2D eigenvalue weighted by Gasteiger charge is 2.72. The predicted octanol–water partition coefficient (Wildman–Crippen LogP) is 5.65. The molecule has 0 radical (unpaired) electrons. The van der Waals surface area contributed by atoms with E-state index in [4.69, 9.17) is 4.74 Å². The number of likely N-dealkylation sites (tertiary alicyclic amines) is 1. The number of hydrogen-bond acceptors (Lipinski definition) is 8. The Balaban J connectivity index is 1.38. The van der Waals surface area contributed by atoms with E-state index < -0.39 is 6.04 Å². The van der Waals surface area contributed by atoms with Crippen LogP contribution in [0.3, 0.4) is 0 Å². The molecule has 11 nitrogen and oxygen atoms in total. The Morgan fingerprint density at radius 3 is 2.56 bits per heavy atom. The molecule has 4 atom stereocenters. The number of aryl methyl sites for hydroxylation is 2. The summed E-state index contributed by atoms with van der Waals surface area (Å²) >= 11 is 3.38. The molecule has 2 fully saturated rings. The number of ether oxygens (including phenoxy) is 1. The minimum atomic E-state index is -0.749. The number of anilines is 1. The Labute approximate surface area is 287 Å². The van der Waals surface area contributed by atoms with Gasteiger partial charge in [-0.1, -0.05) is 25.1 Å². The zero-order valence-electron chi connectivity index (χ0n) is 27.5. The van der Waals surface area contributed by atoms with E-state index in [0.29, 0.717) is 53.2 Å². The fraction of sp³-hybridized carbons (Fsp3) is 0.361. The maximum absolute atomic E-state index is 14.5. The lowest BCUT2D eigenvalue weighted by Gasteiger charge is -2.28. The van der Waals surface area contributed by atoms with Crippen molar-refractivity contribution in [2.24, 2.45) is 11.3 Å². The third-order valence-electron chi connectivity index (χ3n) is 9.59. The third kappa shape index (κ3) is 5.99. The lowest BCUT2D eigenvalue weighted by Crippen LogP contribution is -2.47. The molecule has 1 saturated heterocycles. The maximum Gasteiger partial charge on any atom is 0.248 e. The Morgan fingerprint density at radius 2 is 1.88 bits per heavy atom. The molecule has 1 N–H and O–H groups in total. The van der Waals surface area contributed by atoms with E-state index in [1.54, 1.807) is 40.2 Å². The number of amides is 2. The van der Waals surface area contributed by atoms with Crippen LogP contribution < -0.4 is 5.32 Å². The van der Waals surface area contributed by atoms with Gasteiger partial charge in [-0.05, 0) is 83.4 Å². The molecule has 0 spiro atoms. The van der Waals surface area contributed by atoms with Gasteiger partial charge >= 0.3 is 0 Å². The second kappa shape index (κ2) is 13.2. The summed E-state index contributed by atoms with van der Waals surface area (Å²) in [4.78, 5) is 56.1. The second-order valence-electron chi connectivity index (χ2n) is 12.7. The van der Waals surface area contributed by atoms with Crippen molar-refractivity contribution in [3.05, 3.63) is 89.2 Å². The van der Waals surface area contributed by atoms with Gasteiger partial charge in [0.05, 0.1) is 18.7 Å². The van der Waals surface area contributed by atoms with Crippen LogP contribution in [0, 0.1) is 25.2 Å². The standard InChI is InChI=1S/C36H38BrN7O4/c1-7-9-24-13-25(26-16-38-23(6)39-17-26)14-27-31(22(5)45)42-43(32(24)27)18-30(46)44-28(15-36(19-48-12-8-2)21(4)33(36)44)35(47)41-34-20(3)10-11-29(37)40-34/h7-8,10-11,13-14,16-17,21,28,33H,1-2,9,12,15,18-19H2,3-6H3,(H,40,41,47)/t21-,28-,33+,36+/m0/s1. The molecule has 0 unspecified atom stereocenters. The maximum atomic E-state index is 14.5. The molecular formula is C36H38BrN7O4. The number of ketones is 1. The number of aromatic nitrogens is 5. The van der Waals surface area contributed by atoms with Gasteiger partial charge in [0.15, 0.2) is 5.78 Å². The summed E-state index contributed by atoms with van der Waals surface area (Å²) in [6, 6.07) is 6.61. The van der Waals surface area contributed by atoms with Crippen LogP contribution >= 0.6 is 15.9 Å². The van der Waals surface area contributed by atoms with E-state index in [-0.39, 0.29) is 47.2 Å². The average molecular weight is 713 g/mol. The molecule has 4 heterocycles. The number of fused-ring (bicyclic) bond motifs is 2. The second-order valence-corrected chi connectivity index (χ2v) is 13.5. The molecule has 1 aliphatic heterocycles. The number of nitrogens with zero attached hydrogens (tertiary/aromatic N) is 6. The first-order valence-corrected chi connectivity index (χ1v) is 16.7. The fourth-order valence-electron chi connectivity index (χ4n) is 7.15. The molecule has 2 aliphatic rings. The summed E-state index contributed by atoms with van der Waals surface area (Å²) in [6.45, 7) is 15.6. The van der Waals surface area contributed by atoms with Crippen molar-refractivity contribution >= 4 is 50.2 Å². The highest BCUT2D eigenvalue weighted by atomic mass is 79.9. The topological polar surface area (TPSA) is 132 Å². The Bertz CT molecular complexity index is 1960. The van der Waals surface area contributed by atoms with Gasteiger partial charge < -0.3 is 15.0 Å². The van der Waals surface area contributed by atoms with Crippen LogP contribution in [0.1, 0.15) is 47.7 Å². The van der Waals surface area contributed by atoms with Crippen molar-refractivity contribution in [2.45, 2.75) is 59.2 Å². The summed E-state index contributed by atoms with van der Waals surface area (Å²) < 4.78 is 8.10. The van der Waals surface area contributed by atoms with E-state index in [0.717, 1.165) is 22.3 Å². The first kappa shape index (κ1) is 33.4. The number of carbonyl (C=O) groups is 3. The van der Waals surface area contributed by atoms with Crippen molar-refractivity contribution in [3.63, 3.8) is 0 Å². The minimum Gasteiger partial charge on any atom is -0.377 e. The van der Waals surface area contributed by atoms with Gasteiger partial charge in [-0.2, -0.15) is 5.10 Å². The Morgan fingerprint density at radius 1 is 1.12 bits per heavy atom. The van der Waals surface area contributed by atoms with Crippen molar-refractivity contribution in [1.82, 2.24) is 29.6 Å². The van der Waals surface area contributed by atoms with Crippen molar-refractivity contribution in [1.29, 1.82) is 0 Å². The number of nitrogens with one attached hydrogen (secondary N) is 1. The average Bonchev–Trinajstić information content (AvgIpc) is 3.31. The number of hydrogen-bond donors (Lipinski definition) is 1. The van der Waals surface area contributed by atoms with Crippen LogP contribution in [0.15, 0.2) is 66.6 Å². The number of benzene rings is 1. The van der Waals surface area contributed by atoms with Crippen molar-refractivity contribution in [3.8, 4) is 11.1 Å². The van der Waals surface area contributed by atoms with Crippen LogP contribution in [0.25, 0.3) is 22.0 Å². The molecule has 12 heteroatoms. The monoisotopic (exact) mass is 711 g/mol. The van der Waals surface area contributed by atoms with Crippen molar-refractivity contribution < 1.29 is 19.1 Å². The Hall–Kier alpha value is -4.55. The first-order chi connectivity index (χ1) is 23.0. The third-order valence-corrected chi connectivity index (χ3v) is 10.0. The number of Topliss-reactive ketones (excluding diaryl/α,β-unsaturated/α-hetero) is 1. The quantitative estimate of drug-likeness (QED) is 0.0864. The summed E-state index contributed by atoms with van der Waals surface area (Å²) in [5.74, 6) is 0.400. The minimum absolute atomic E-state index is 0.124. The molecule has 2 amide bonds. The molecule has 248 valence electrons. The zero-order chi connectivity index (χ0) is 34.3. The number of pyridine rings is 1. The highest BCUT2D eigenvalue weighted by Crippen LogP contribution is 2.64. The fourth-order valence-corrected chi connectivity index (χ4v) is 7.45. The number of allylic oxidation sites excluding steroid dienone is 1. The van der Waals surface area contributed by atoms with Crippen LogP contribution in [0.5, 0.6) is 0 Å². The smallest absolute Gasteiger partial charge is 0.248 e. The summed E-state index contributed by atoms with van der Waals surface area (Å²) in [7, 11) is 0. The van der Waals surface area contributed by atoms with Gasteiger partial charge in [0.1, 0.15) is 34.5 Å². The van der Waals surface area contributed by atoms with Gasteiger partial charge in [0.25, 0.3) is 0 Å². The normalized spacial score (nSPS) is 21.2. The van der Waals surface area contributed by atoms with Crippen LogP contribution in [0.4, 0.5) is 5.82 Å². The molecule has 1 aliphatic carbocycles. The van der Waals surface area contributed by atoms with E-state index in [9.17, 15) is 14.4 Å². The molecule has 1 saturated carbocycles. The molecule has 3 aromatic heterocycles. The first-order valence-electron chi connectivity index (χ1n) is 15.9. The van der Waals surface area contributed by atoms with Gasteiger partial charge in [-0.3, -0.25) is 19.1 Å². The highest BCUT2D eigenvalue weighted by molar-refractivity contribution is 9.10. The number of carbonyl (C=O) groups excluding carboxylic acids is 3. The zero-order valence-corrected chi connectivity index (χ0v) is 29.1. The van der Waals surface area contributed by atoms with E-state index in [2.05, 4.69) is 61.4 Å². The van der Waals surface area contributed by atoms with Gasteiger partial charge in [-0.25, -0.2) is 15.0 Å². The molecule has 0 bridgehead atoms. The summed E-state index contributed by atoms with van der Waals surface area (Å²) in [6.07, 6.45) is 7.88. The largest absolute Gasteiger partial charge is 0.377 e. The molecule has 1 aromatic carbocycles. The summed E-state index contributed by atoms with van der Waals surface area (Å²) in [5, 5.41) is 8.28. The van der Waals surface area contributed by atoms with E-state index in [1.807, 2.05) is 32.0 Å². The predicted molar refractivity (Wildman–Crippen MR) is 186 cm³/mol. The van der Waals surface area contributed by atoms with Crippen molar-refractivity contribution in [2.75, 3.05) is 18.5 Å². The number of rotatable bonds is 12. The number of piperidine rings is 1. The molecule has 48 heavy (non-hydrogen) atoms. The SMILES string of the molecule is C=CCOC[C@@]12C[C@@H](C(=O)Nc3nc(Br)ccc3C)N(C(=O)Cn3nc(C(C)=O)c4cc(-c5cnc(C)nc5)cc(CC=C)c43)[C@@H]1[C@@H]2C. The summed E-state index contributed by atoms with van der Waals surface area (Å²) in [5.41, 5.74) is 3.85. The van der Waals surface area contributed by atoms with Crippen LogP contribution in [-0.4, -0.2) is 72.5 Å². The van der Waals surface area contributed by atoms with E-state index in [1.165, 1.54) is 6.92 Å². The molecule has 4 aromatic rings. The number of halogens is 1. The lowest BCUT2D eigenvalue weighted by atomic mass is 9.96. The van der Waals surface area contributed by atoms with Gasteiger partial charge in [0, 0.05) is 41.7 Å². The van der Waals surface area contributed by atoms with Crippen LogP contribution in [-0.2, 0) is 27.3 Å². The van der Waals surface area contributed by atoms with E-state index >= 15 is 0 Å². The molecular weight excluding hydrogens is 674 g/mol. The Kier molecular flexibility index (Phi) is 9.14. The van der Waals surface area contributed by atoms with Gasteiger partial charge in [0.2, 0.25) is 11.8 Å².